The van der Waals surface area contributed by atoms with Crippen LogP contribution in [0.25, 0.3) is 0 Å². The second-order valence-corrected chi connectivity index (χ2v) is 5.24. The fraction of sp³-hybridized carbons (Fsp3) is 0.176. The first-order valence-corrected chi connectivity index (χ1v) is 7.05. The van der Waals surface area contributed by atoms with Crippen LogP contribution in [-0.2, 0) is 0 Å². The highest BCUT2D eigenvalue weighted by Crippen LogP contribution is 2.13. The van der Waals surface area contributed by atoms with E-state index < -0.39 is 10.8 Å². The minimum absolute atomic E-state index is 0.132. The fourth-order valence-electron chi connectivity index (χ4n) is 1.99. The van der Waals surface area contributed by atoms with E-state index in [1.54, 1.807) is 6.92 Å². The fourth-order valence-corrected chi connectivity index (χ4v) is 1.99. The maximum Gasteiger partial charge on any atom is 0.271 e. The predicted octanol–water partition coefficient (Wildman–Crippen LogP) is 3.37. The summed E-state index contributed by atoms with van der Waals surface area (Å²) < 4.78 is 0. The molecule has 0 unspecified atom stereocenters. The lowest BCUT2D eigenvalue weighted by molar-refractivity contribution is -0.384. The number of hydrogen-bond acceptors (Lipinski definition) is 4. The Morgan fingerprint density at radius 3 is 2.48 bits per heavy atom. The number of nitrogens with zero attached hydrogens (tertiary/aromatic N) is 2. The number of rotatable bonds is 4. The van der Waals surface area contributed by atoms with Crippen molar-refractivity contribution >= 4 is 17.3 Å². The number of non-ortho nitro benzene ring substituents is 1. The Kier molecular flexibility index (Phi) is 4.85. The maximum absolute atomic E-state index is 12.0. The molecule has 6 heteroatoms. The first kappa shape index (κ1) is 16.4. The van der Waals surface area contributed by atoms with Crippen molar-refractivity contribution in [3.8, 4) is 0 Å². The van der Waals surface area contributed by atoms with Crippen molar-refractivity contribution in [3.63, 3.8) is 0 Å². The zero-order valence-electron chi connectivity index (χ0n) is 13.2. The largest absolute Gasteiger partial charge is 0.271 e. The van der Waals surface area contributed by atoms with Crippen molar-refractivity contribution in [2.24, 2.45) is 5.10 Å². The predicted molar refractivity (Wildman–Crippen MR) is 88.7 cm³/mol. The van der Waals surface area contributed by atoms with E-state index in [4.69, 9.17) is 0 Å². The first-order valence-electron chi connectivity index (χ1n) is 7.05. The molecule has 0 atom stereocenters. The van der Waals surface area contributed by atoms with Gasteiger partial charge in [-0.2, -0.15) is 5.10 Å². The summed E-state index contributed by atoms with van der Waals surface area (Å²) in [5.41, 5.74) is 6.37. The van der Waals surface area contributed by atoms with Gasteiger partial charge in [-0.15, -0.1) is 0 Å². The van der Waals surface area contributed by atoms with Gasteiger partial charge in [0, 0.05) is 17.7 Å². The number of nitrogens with one attached hydrogen (secondary N) is 1. The molecule has 1 N–H and O–H groups in total. The average molecular weight is 311 g/mol. The van der Waals surface area contributed by atoms with Gasteiger partial charge >= 0.3 is 0 Å². The Morgan fingerprint density at radius 1 is 1.09 bits per heavy atom. The lowest BCUT2D eigenvalue weighted by Gasteiger charge is -2.06. The van der Waals surface area contributed by atoms with E-state index in [0.717, 1.165) is 11.1 Å². The van der Waals surface area contributed by atoms with Gasteiger partial charge in [0.2, 0.25) is 0 Å². The number of hydrazone groups is 1. The van der Waals surface area contributed by atoms with Gasteiger partial charge in [-0.1, -0.05) is 18.2 Å². The second-order valence-electron chi connectivity index (χ2n) is 5.24. The number of benzene rings is 2. The monoisotopic (exact) mass is 311 g/mol. The minimum Gasteiger partial charge on any atom is -0.267 e. The molecule has 0 saturated heterocycles. The van der Waals surface area contributed by atoms with Gasteiger partial charge in [-0.25, -0.2) is 5.43 Å². The van der Waals surface area contributed by atoms with Gasteiger partial charge in [0.25, 0.3) is 11.6 Å². The molecule has 23 heavy (non-hydrogen) atoms. The maximum atomic E-state index is 12.0. The van der Waals surface area contributed by atoms with Gasteiger partial charge in [0.1, 0.15) is 0 Å². The number of nitro benzene ring substituents is 1. The van der Waals surface area contributed by atoms with Crippen LogP contribution in [0.4, 0.5) is 5.69 Å². The number of amides is 1. The molecule has 0 heterocycles. The molecule has 0 aliphatic carbocycles. The Morgan fingerprint density at radius 2 is 1.83 bits per heavy atom. The summed E-state index contributed by atoms with van der Waals surface area (Å²) in [7, 11) is 0. The molecule has 2 aromatic carbocycles. The van der Waals surface area contributed by atoms with Crippen molar-refractivity contribution in [1.82, 2.24) is 5.43 Å². The third-order valence-electron chi connectivity index (χ3n) is 3.57. The van der Waals surface area contributed by atoms with Crippen molar-refractivity contribution in [3.05, 3.63) is 74.8 Å². The zero-order valence-corrected chi connectivity index (χ0v) is 13.2. The third kappa shape index (κ3) is 4.00. The first-order chi connectivity index (χ1) is 10.9. The van der Waals surface area contributed by atoms with E-state index in [1.807, 2.05) is 32.0 Å². The van der Waals surface area contributed by atoms with Gasteiger partial charge in [-0.3, -0.25) is 14.9 Å². The van der Waals surface area contributed by atoms with Crippen LogP contribution < -0.4 is 5.43 Å². The summed E-state index contributed by atoms with van der Waals surface area (Å²) in [4.78, 5) is 22.2. The minimum atomic E-state index is -0.541. The standard InChI is InChI=1S/C17H17N3O3/c1-11-7-8-14(9-12(11)2)13(3)18-19-17(21)15-5-4-6-16(10-15)20(22)23/h4-10H,1-3H3,(H,19,21). The highest BCUT2D eigenvalue weighted by molar-refractivity contribution is 6.01. The quantitative estimate of drug-likeness (QED) is 0.533. The number of carbonyl (C=O) groups excluding carboxylic acids is 1. The average Bonchev–Trinajstić information content (AvgIpc) is 2.54. The molecule has 2 rings (SSSR count). The summed E-state index contributed by atoms with van der Waals surface area (Å²) in [6.07, 6.45) is 0. The Labute approximate surface area is 134 Å². The third-order valence-corrected chi connectivity index (χ3v) is 3.57. The van der Waals surface area contributed by atoms with Gasteiger partial charge < -0.3 is 0 Å². The van der Waals surface area contributed by atoms with Crippen molar-refractivity contribution in [1.29, 1.82) is 0 Å². The van der Waals surface area contributed by atoms with E-state index in [9.17, 15) is 14.9 Å². The van der Waals surface area contributed by atoms with Gasteiger partial charge in [0.05, 0.1) is 10.6 Å². The molecule has 0 fully saturated rings. The van der Waals surface area contributed by atoms with Crippen LogP contribution in [0.2, 0.25) is 0 Å². The highest BCUT2D eigenvalue weighted by Gasteiger charge is 2.11. The van der Waals surface area contributed by atoms with Crippen molar-refractivity contribution in [2.45, 2.75) is 20.8 Å². The molecule has 0 aromatic heterocycles. The molecule has 0 aliphatic rings. The van der Waals surface area contributed by atoms with Crippen LogP contribution >= 0.6 is 0 Å². The van der Waals surface area contributed by atoms with E-state index in [1.165, 1.54) is 29.8 Å². The molecule has 0 spiro atoms. The molecule has 0 radical (unpaired) electrons. The van der Waals surface area contributed by atoms with Crippen LogP contribution in [0, 0.1) is 24.0 Å². The summed E-state index contributed by atoms with van der Waals surface area (Å²) in [5, 5.41) is 14.8. The van der Waals surface area contributed by atoms with Crippen molar-refractivity contribution in [2.75, 3.05) is 0 Å². The van der Waals surface area contributed by atoms with Crippen LogP contribution in [0.5, 0.6) is 0 Å². The molecule has 0 aliphatic heterocycles. The lowest BCUT2D eigenvalue weighted by Crippen LogP contribution is -2.19. The topological polar surface area (TPSA) is 84.6 Å². The van der Waals surface area contributed by atoms with Crippen LogP contribution in [0.3, 0.4) is 0 Å². The van der Waals surface area contributed by atoms with Crippen LogP contribution in [0.15, 0.2) is 47.6 Å². The number of hydrogen-bond donors (Lipinski definition) is 1. The van der Waals surface area contributed by atoms with Crippen molar-refractivity contribution < 1.29 is 9.72 Å². The van der Waals surface area contributed by atoms with E-state index in [-0.39, 0.29) is 11.3 Å². The summed E-state index contributed by atoms with van der Waals surface area (Å²) in [6.45, 7) is 5.82. The molecule has 1 amide bonds. The second kappa shape index (κ2) is 6.83. The van der Waals surface area contributed by atoms with Crippen LogP contribution in [0.1, 0.15) is 34.0 Å². The normalized spacial score (nSPS) is 11.2. The molecule has 118 valence electrons. The van der Waals surface area contributed by atoms with E-state index in [2.05, 4.69) is 10.5 Å². The van der Waals surface area contributed by atoms with Gasteiger partial charge in [0.15, 0.2) is 0 Å². The zero-order chi connectivity index (χ0) is 17.0. The summed E-state index contributed by atoms with van der Waals surface area (Å²) >= 11 is 0. The molecular formula is C17H17N3O3. The Hall–Kier alpha value is -3.02. The van der Waals surface area contributed by atoms with Crippen LogP contribution in [-0.4, -0.2) is 16.5 Å². The number of nitro groups is 1. The highest BCUT2D eigenvalue weighted by atomic mass is 16.6. The molecule has 0 bridgehead atoms. The Bertz CT molecular complexity index is 797. The molecular weight excluding hydrogens is 294 g/mol. The molecule has 2 aromatic rings. The molecule has 6 nitrogen and oxygen atoms in total. The van der Waals surface area contributed by atoms with Gasteiger partial charge in [-0.05, 0) is 49.6 Å². The number of aryl methyl sites for hydroxylation is 2. The lowest BCUT2D eigenvalue weighted by atomic mass is 10.0. The molecule has 0 saturated carbocycles. The summed E-state index contributed by atoms with van der Waals surface area (Å²) in [5.74, 6) is -0.489. The SMILES string of the molecule is CC(=NNC(=O)c1cccc([N+](=O)[O-])c1)c1ccc(C)c(C)c1. The van der Waals surface area contributed by atoms with E-state index in [0.29, 0.717) is 5.71 Å². The smallest absolute Gasteiger partial charge is 0.267 e. The van der Waals surface area contributed by atoms with E-state index >= 15 is 0 Å². The number of carbonyl (C=O) groups is 1. The summed E-state index contributed by atoms with van der Waals surface area (Å²) in [6, 6.07) is 11.4. The Balaban J connectivity index is 2.15.